The Morgan fingerprint density at radius 2 is 1.75 bits per heavy atom. The summed E-state index contributed by atoms with van der Waals surface area (Å²) in [4.78, 5) is 0.287. The Balaban J connectivity index is 2.57. The summed E-state index contributed by atoms with van der Waals surface area (Å²) in [6.07, 6.45) is 4.53. The highest BCUT2D eigenvalue weighted by molar-refractivity contribution is 7.89. The maximum atomic E-state index is 12.0. The molecule has 0 saturated heterocycles. The predicted molar refractivity (Wildman–Crippen MR) is 83.1 cm³/mol. The number of nitrogens with one attached hydrogen (secondary N) is 1. The molecule has 0 aromatic heterocycles. The van der Waals surface area contributed by atoms with Crippen LogP contribution in [-0.4, -0.2) is 15.0 Å². The molecular formula is C16H23NO2S. The largest absolute Gasteiger partial charge is 0.240 e. The van der Waals surface area contributed by atoms with Crippen LogP contribution in [0.4, 0.5) is 0 Å². The van der Waals surface area contributed by atoms with Crippen molar-refractivity contribution in [3.05, 3.63) is 47.7 Å². The molecule has 0 atom stereocenters. The molecule has 110 valence electrons. The van der Waals surface area contributed by atoms with Crippen LogP contribution in [0.2, 0.25) is 0 Å². The van der Waals surface area contributed by atoms with Gasteiger partial charge < -0.3 is 0 Å². The zero-order chi connectivity index (χ0) is 15.2. The molecule has 0 aliphatic carbocycles. The first-order valence-electron chi connectivity index (χ1n) is 6.66. The average molecular weight is 293 g/mol. The van der Waals surface area contributed by atoms with E-state index in [1.165, 1.54) is 0 Å². The molecule has 0 aliphatic heterocycles. The van der Waals surface area contributed by atoms with Crippen LogP contribution >= 0.6 is 0 Å². The Bertz CT molecular complexity index is 586. The summed E-state index contributed by atoms with van der Waals surface area (Å²) < 4.78 is 26.5. The van der Waals surface area contributed by atoms with E-state index in [2.05, 4.69) is 31.2 Å². The lowest BCUT2D eigenvalue weighted by Gasteiger charge is -2.13. The number of benzene rings is 1. The highest BCUT2D eigenvalue weighted by Gasteiger charge is 2.11. The summed E-state index contributed by atoms with van der Waals surface area (Å²) in [5.74, 6) is 0. The van der Waals surface area contributed by atoms with E-state index in [0.29, 0.717) is 0 Å². The molecule has 1 aromatic rings. The molecule has 1 aromatic carbocycles. The van der Waals surface area contributed by atoms with Gasteiger partial charge in [-0.15, -0.1) is 5.73 Å². The molecule has 20 heavy (non-hydrogen) atoms. The van der Waals surface area contributed by atoms with Crippen LogP contribution in [-0.2, 0) is 10.0 Å². The molecule has 1 rings (SSSR count). The molecule has 0 saturated carbocycles. The highest BCUT2D eigenvalue weighted by Crippen LogP contribution is 2.18. The molecule has 1 N–H and O–H groups in total. The Morgan fingerprint density at radius 3 is 2.30 bits per heavy atom. The fourth-order valence-electron chi connectivity index (χ4n) is 1.46. The van der Waals surface area contributed by atoms with Gasteiger partial charge in [-0.1, -0.05) is 38.5 Å². The van der Waals surface area contributed by atoms with E-state index in [0.717, 1.165) is 12.0 Å². The number of aryl methyl sites for hydroxylation is 1. The van der Waals surface area contributed by atoms with Crippen molar-refractivity contribution in [1.29, 1.82) is 0 Å². The molecule has 0 spiro atoms. The van der Waals surface area contributed by atoms with Gasteiger partial charge in [0, 0.05) is 6.54 Å². The van der Waals surface area contributed by atoms with Gasteiger partial charge in [-0.2, -0.15) is 0 Å². The first kappa shape index (κ1) is 16.7. The van der Waals surface area contributed by atoms with Crippen molar-refractivity contribution in [2.24, 2.45) is 5.41 Å². The molecule has 0 amide bonds. The lowest BCUT2D eigenvalue weighted by molar-refractivity contribution is 0.421. The molecule has 0 aliphatic rings. The topological polar surface area (TPSA) is 46.2 Å². The lowest BCUT2D eigenvalue weighted by Crippen LogP contribution is -2.23. The maximum Gasteiger partial charge on any atom is 0.240 e. The monoisotopic (exact) mass is 293 g/mol. The van der Waals surface area contributed by atoms with E-state index < -0.39 is 10.0 Å². The van der Waals surface area contributed by atoms with Crippen LogP contribution in [0, 0.1) is 12.3 Å². The van der Waals surface area contributed by atoms with Gasteiger partial charge in [0.2, 0.25) is 10.0 Å². The van der Waals surface area contributed by atoms with Gasteiger partial charge in [0.25, 0.3) is 0 Å². The van der Waals surface area contributed by atoms with Crippen molar-refractivity contribution in [3.8, 4) is 0 Å². The molecule has 0 bridgehead atoms. The minimum absolute atomic E-state index is 0.224. The van der Waals surface area contributed by atoms with Crippen molar-refractivity contribution in [2.75, 3.05) is 6.54 Å². The van der Waals surface area contributed by atoms with Gasteiger partial charge in [0.1, 0.15) is 0 Å². The summed E-state index contributed by atoms with van der Waals surface area (Å²) in [7, 11) is -3.43. The molecule has 4 heteroatoms. The van der Waals surface area contributed by atoms with E-state index >= 15 is 0 Å². The Hall–Kier alpha value is -1.35. The van der Waals surface area contributed by atoms with Crippen molar-refractivity contribution in [1.82, 2.24) is 4.72 Å². The predicted octanol–water partition coefficient (Wildman–Crippen LogP) is 3.42. The standard InChI is InChI=1S/C16H23NO2S/c1-14-8-10-15(11-9-14)20(18,19)17-13-7-5-6-12-16(2,3)4/h6-11,17H,12-13H2,1-4H3. The summed E-state index contributed by atoms with van der Waals surface area (Å²) in [5.41, 5.74) is 4.26. The van der Waals surface area contributed by atoms with Gasteiger partial charge in [0.15, 0.2) is 0 Å². The van der Waals surface area contributed by atoms with Crippen LogP contribution in [0.3, 0.4) is 0 Å². The number of sulfonamides is 1. The summed E-state index contributed by atoms with van der Waals surface area (Å²) in [6.45, 7) is 8.60. The van der Waals surface area contributed by atoms with E-state index in [9.17, 15) is 8.42 Å². The van der Waals surface area contributed by atoms with Gasteiger partial charge in [-0.05, 0) is 43.0 Å². The molecule has 3 nitrogen and oxygen atoms in total. The van der Waals surface area contributed by atoms with Crippen LogP contribution < -0.4 is 4.72 Å². The van der Waals surface area contributed by atoms with Crippen LogP contribution in [0.1, 0.15) is 32.8 Å². The third kappa shape index (κ3) is 6.20. The minimum Gasteiger partial charge on any atom is -0.207 e. The summed E-state index contributed by atoms with van der Waals surface area (Å²) in [5, 5.41) is 0. The molecular weight excluding hydrogens is 270 g/mol. The normalized spacial score (nSPS) is 11.8. The van der Waals surface area contributed by atoms with Crippen molar-refractivity contribution >= 4 is 10.0 Å². The molecule has 0 unspecified atom stereocenters. The van der Waals surface area contributed by atoms with Crippen molar-refractivity contribution < 1.29 is 8.42 Å². The summed E-state index contributed by atoms with van der Waals surface area (Å²) in [6, 6.07) is 6.79. The number of rotatable bonds is 5. The number of hydrogen-bond acceptors (Lipinski definition) is 2. The van der Waals surface area contributed by atoms with Gasteiger partial charge in [-0.3, -0.25) is 0 Å². The zero-order valence-corrected chi connectivity index (χ0v) is 13.4. The fraction of sp³-hybridized carbons (Fsp3) is 0.438. The van der Waals surface area contributed by atoms with Crippen LogP contribution in [0.15, 0.2) is 47.0 Å². The summed E-state index contributed by atoms with van der Waals surface area (Å²) >= 11 is 0. The van der Waals surface area contributed by atoms with Crippen LogP contribution in [0.25, 0.3) is 0 Å². The first-order valence-corrected chi connectivity index (χ1v) is 8.15. The molecule has 0 heterocycles. The second-order valence-corrected chi connectivity index (χ2v) is 7.77. The third-order valence-corrected chi connectivity index (χ3v) is 4.10. The highest BCUT2D eigenvalue weighted by atomic mass is 32.2. The quantitative estimate of drug-likeness (QED) is 0.846. The molecule has 0 fully saturated rings. The average Bonchev–Trinajstić information content (AvgIpc) is 2.33. The smallest absolute Gasteiger partial charge is 0.207 e. The fourth-order valence-corrected chi connectivity index (χ4v) is 2.42. The molecule has 0 radical (unpaired) electrons. The van der Waals surface area contributed by atoms with E-state index in [1.807, 2.05) is 13.0 Å². The van der Waals surface area contributed by atoms with E-state index in [4.69, 9.17) is 0 Å². The van der Waals surface area contributed by atoms with E-state index in [1.54, 1.807) is 30.3 Å². The Kier molecular flexibility index (Phi) is 5.75. The van der Waals surface area contributed by atoms with Gasteiger partial charge >= 0.3 is 0 Å². The zero-order valence-electron chi connectivity index (χ0n) is 12.6. The maximum absolute atomic E-state index is 12.0. The van der Waals surface area contributed by atoms with Gasteiger partial charge in [-0.25, -0.2) is 13.1 Å². The minimum atomic E-state index is -3.43. The second kappa shape index (κ2) is 6.89. The van der Waals surface area contributed by atoms with Crippen molar-refractivity contribution in [2.45, 2.75) is 39.0 Å². The first-order chi connectivity index (χ1) is 9.21. The van der Waals surface area contributed by atoms with Gasteiger partial charge in [0.05, 0.1) is 4.90 Å². The Morgan fingerprint density at radius 1 is 1.15 bits per heavy atom. The van der Waals surface area contributed by atoms with Crippen LogP contribution in [0.5, 0.6) is 0 Å². The lowest BCUT2D eigenvalue weighted by atomic mass is 9.92. The van der Waals surface area contributed by atoms with E-state index in [-0.39, 0.29) is 16.9 Å². The second-order valence-electron chi connectivity index (χ2n) is 6.00. The SMILES string of the molecule is Cc1ccc(S(=O)(=O)NCC=C=CCC(C)(C)C)cc1. The number of hydrogen-bond donors (Lipinski definition) is 1. The van der Waals surface area contributed by atoms with Crippen molar-refractivity contribution in [3.63, 3.8) is 0 Å². The third-order valence-electron chi connectivity index (χ3n) is 2.66. The Labute approximate surface area is 122 Å².